The molecule has 2 aliphatic rings. The maximum atomic E-state index is 6.27. The van der Waals surface area contributed by atoms with E-state index in [1.807, 2.05) is 6.07 Å². The molecule has 0 saturated carbocycles. The van der Waals surface area contributed by atoms with Crippen molar-refractivity contribution >= 4 is 11.6 Å². The van der Waals surface area contributed by atoms with E-state index in [-0.39, 0.29) is 0 Å². The van der Waals surface area contributed by atoms with Crippen molar-refractivity contribution in [3.8, 4) is 0 Å². The summed E-state index contributed by atoms with van der Waals surface area (Å²) in [4.78, 5) is 5.29. The molecule has 2 atom stereocenters. The van der Waals surface area contributed by atoms with Gasteiger partial charge in [0.05, 0.1) is 0 Å². The highest BCUT2D eigenvalue weighted by molar-refractivity contribution is 6.30. The van der Waals surface area contributed by atoms with Crippen LogP contribution in [0.4, 0.5) is 0 Å². The average molecular weight is 336 g/mol. The van der Waals surface area contributed by atoms with Gasteiger partial charge in [-0.1, -0.05) is 30.7 Å². The van der Waals surface area contributed by atoms with Gasteiger partial charge in [-0.3, -0.25) is 4.90 Å². The number of nitrogens with one attached hydrogen (secondary N) is 1. The van der Waals surface area contributed by atoms with Crippen LogP contribution < -0.4 is 5.32 Å². The Balaban J connectivity index is 1.75. The zero-order valence-corrected chi connectivity index (χ0v) is 15.2. The van der Waals surface area contributed by atoms with Crippen LogP contribution in [0.5, 0.6) is 0 Å². The number of rotatable bonds is 4. The lowest BCUT2D eigenvalue weighted by atomic mass is 9.97. The molecular formula is C19H30ClN3. The van der Waals surface area contributed by atoms with Gasteiger partial charge in [0.2, 0.25) is 0 Å². The lowest BCUT2D eigenvalue weighted by Gasteiger charge is -2.41. The first-order chi connectivity index (χ1) is 11.1. The van der Waals surface area contributed by atoms with Crippen molar-refractivity contribution in [1.29, 1.82) is 0 Å². The molecule has 0 aromatic heterocycles. The summed E-state index contributed by atoms with van der Waals surface area (Å²) >= 11 is 6.27. The van der Waals surface area contributed by atoms with Gasteiger partial charge in [-0.2, -0.15) is 0 Å². The summed E-state index contributed by atoms with van der Waals surface area (Å²) in [6, 6.07) is 9.49. The maximum absolute atomic E-state index is 6.27. The van der Waals surface area contributed by atoms with Crippen LogP contribution in [-0.2, 0) is 0 Å². The zero-order valence-electron chi connectivity index (χ0n) is 14.5. The highest BCUT2D eigenvalue weighted by Gasteiger charge is 2.28. The summed E-state index contributed by atoms with van der Waals surface area (Å²) in [5.41, 5.74) is 1.37. The van der Waals surface area contributed by atoms with Gasteiger partial charge < -0.3 is 10.2 Å². The Morgan fingerprint density at radius 3 is 2.70 bits per heavy atom. The standard InChI is InChI=1S/C19H30ClN3/c1-15-6-9-22(10-7-15)14-19(17-4-3-5-18(20)12-17)23-11-8-21-16(2)13-23/h3-5,12,15-16,19,21H,6-11,13-14H2,1-2H3. The quantitative estimate of drug-likeness (QED) is 0.909. The lowest BCUT2D eigenvalue weighted by Crippen LogP contribution is -2.52. The van der Waals surface area contributed by atoms with E-state index in [9.17, 15) is 0 Å². The molecule has 4 heteroatoms. The third kappa shape index (κ3) is 4.69. The van der Waals surface area contributed by atoms with Gasteiger partial charge in [-0.15, -0.1) is 0 Å². The van der Waals surface area contributed by atoms with Gasteiger partial charge in [-0.05, 0) is 56.5 Å². The molecule has 23 heavy (non-hydrogen) atoms. The Labute approximate surface area is 146 Å². The van der Waals surface area contributed by atoms with Crippen molar-refractivity contribution in [2.75, 3.05) is 39.3 Å². The number of hydrogen-bond acceptors (Lipinski definition) is 3. The van der Waals surface area contributed by atoms with Crippen LogP contribution in [0.3, 0.4) is 0 Å². The molecule has 3 rings (SSSR count). The fourth-order valence-electron chi connectivity index (χ4n) is 3.88. The van der Waals surface area contributed by atoms with E-state index in [1.165, 1.54) is 31.5 Å². The normalized spacial score (nSPS) is 26.3. The largest absolute Gasteiger partial charge is 0.312 e. The smallest absolute Gasteiger partial charge is 0.0476 e. The van der Waals surface area contributed by atoms with E-state index in [1.54, 1.807) is 0 Å². The van der Waals surface area contributed by atoms with Crippen LogP contribution in [0.2, 0.25) is 5.02 Å². The summed E-state index contributed by atoms with van der Waals surface area (Å²) in [5.74, 6) is 0.884. The van der Waals surface area contributed by atoms with Crippen molar-refractivity contribution in [2.24, 2.45) is 5.92 Å². The Bertz CT molecular complexity index is 499. The van der Waals surface area contributed by atoms with Crippen LogP contribution in [0, 0.1) is 5.92 Å². The minimum atomic E-state index is 0.451. The van der Waals surface area contributed by atoms with Crippen LogP contribution in [-0.4, -0.2) is 55.1 Å². The number of piperazine rings is 1. The lowest BCUT2D eigenvalue weighted by molar-refractivity contribution is 0.0929. The van der Waals surface area contributed by atoms with E-state index >= 15 is 0 Å². The van der Waals surface area contributed by atoms with Gasteiger partial charge in [0.15, 0.2) is 0 Å². The average Bonchev–Trinajstić information content (AvgIpc) is 2.54. The minimum absolute atomic E-state index is 0.451. The number of benzene rings is 1. The van der Waals surface area contributed by atoms with Crippen LogP contribution in [0.1, 0.15) is 38.3 Å². The van der Waals surface area contributed by atoms with Crippen molar-refractivity contribution in [3.05, 3.63) is 34.9 Å². The summed E-state index contributed by atoms with van der Waals surface area (Å²) < 4.78 is 0. The van der Waals surface area contributed by atoms with Gasteiger partial charge in [0, 0.05) is 43.3 Å². The first-order valence-corrected chi connectivity index (χ1v) is 9.45. The Morgan fingerprint density at radius 1 is 1.22 bits per heavy atom. The fraction of sp³-hybridized carbons (Fsp3) is 0.684. The van der Waals surface area contributed by atoms with E-state index in [0.29, 0.717) is 12.1 Å². The van der Waals surface area contributed by atoms with Crippen molar-refractivity contribution in [2.45, 2.75) is 38.8 Å². The summed E-state index contributed by atoms with van der Waals surface area (Å²) in [6.45, 7) is 11.6. The summed E-state index contributed by atoms with van der Waals surface area (Å²) in [6.07, 6.45) is 2.67. The van der Waals surface area contributed by atoms with Crippen LogP contribution in [0.25, 0.3) is 0 Å². The molecule has 2 aliphatic heterocycles. The van der Waals surface area contributed by atoms with Gasteiger partial charge in [0.1, 0.15) is 0 Å². The van der Waals surface area contributed by atoms with E-state index < -0.39 is 0 Å². The number of nitrogens with zero attached hydrogens (tertiary/aromatic N) is 2. The molecule has 0 amide bonds. The molecule has 1 N–H and O–H groups in total. The Morgan fingerprint density at radius 2 is 2.00 bits per heavy atom. The molecule has 0 bridgehead atoms. The molecule has 0 spiro atoms. The molecular weight excluding hydrogens is 306 g/mol. The maximum Gasteiger partial charge on any atom is 0.0476 e. The SMILES string of the molecule is CC1CCN(CC(c2cccc(Cl)c2)N2CCNC(C)C2)CC1. The number of piperidine rings is 1. The molecule has 2 saturated heterocycles. The van der Waals surface area contributed by atoms with E-state index in [4.69, 9.17) is 11.6 Å². The van der Waals surface area contributed by atoms with Gasteiger partial charge >= 0.3 is 0 Å². The second-order valence-electron chi connectivity index (χ2n) is 7.40. The van der Waals surface area contributed by atoms with Crippen molar-refractivity contribution in [1.82, 2.24) is 15.1 Å². The third-order valence-electron chi connectivity index (χ3n) is 5.38. The molecule has 2 heterocycles. The summed E-state index contributed by atoms with van der Waals surface area (Å²) in [5, 5.41) is 4.41. The van der Waals surface area contributed by atoms with Crippen molar-refractivity contribution < 1.29 is 0 Å². The van der Waals surface area contributed by atoms with Crippen LogP contribution >= 0.6 is 11.6 Å². The molecule has 1 aromatic carbocycles. The van der Waals surface area contributed by atoms with Gasteiger partial charge in [0.25, 0.3) is 0 Å². The Hall–Kier alpha value is -0.610. The number of hydrogen-bond donors (Lipinski definition) is 1. The second-order valence-corrected chi connectivity index (χ2v) is 7.84. The predicted octanol–water partition coefficient (Wildman–Crippen LogP) is 3.41. The van der Waals surface area contributed by atoms with E-state index in [2.05, 4.69) is 47.2 Å². The molecule has 2 fully saturated rings. The minimum Gasteiger partial charge on any atom is -0.312 e. The fourth-order valence-corrected chi connectivity index (χ4v) is 4.08. The molecule has 0 aliphatic carbocycles. The van der Waals surface area contributed by atoms with Crippen LogP contribution in [0.15, 0.2) is 24.3 Å². The van der Waals surface area contributed by atoms with Crippen molar-refractivity contribution in [3.63, 3.8) is 0 Å². The highest BCUT2D eigenvalue weighted by atomic mass is 35.5. The predicted molar refractivity (Wildman–Crippen MR) is 98.1 cm³/mol. The zero-order chi connectivity index (χ0) is 16.2. The second kappa shape index (κ2) is 7.98. The molecule has 2 unspecified atom stereocenters. The monoisotopic (exact) mass is 335 g/mol. The van der Waals surface area contributed by atoms with Gasteiger partial charge in [-0.25, -0.2) is 0 Å². The number of halogens is 1. The number of likely N-dealkylation sites (tertiary alicyclic amines) is 1. The Kier molecular flexibility index (Phi) is 5.97. The molecule has 0 radical (unpaired) electrons. The topological polar surface area (TPSA) is 18.5 Å². The first-order valence-electron chi connectivity index (χ1n) is 9.07. The first kappa shape index (κ1) is 17.2. The molecule has 128 valence electrons. The summed E-state index contributed by atoms with van der Waals surface area (Å²) in [7, 11) is 0. The van der Waals surface area contributed by atoms with E-state index in [0.717, 1.165) is 37.1 Å². The highest BCUT2D eigenvalue weighted by Crippen LogP contribution is 2.27. The molecule has 3 nitrogen and oxygen atoms in total. The third-order valence-corrected chi connectivity index (χ3v) is 5.62. The molecule has 1 aromatic rings.